The molecule has 0 saturated heterocycles. The molecule has 1 aromatic carbocycles. The van der Waals surface area contributed by atoms with Gasteiger partial charge in [-0.2, -0.15) is 5.26 Å². The Morgan fingerprint density at radius 1 is 1.26 bits per heavy atom. The van der Waals surface area contributed by atoms with Gasteiger partial charge in [-0.3, -0.25) is 14.6 Å². The minimum Gasteiger partial charge on any atom is -0.484 e. The molecule has 7 heteroatoms. The highest BCUT2D eigenvalue weighted by atomic mass is 16.5. The third-order valence-electron chi connectivity index (χ3n) is 3.59. The van der Waals surface area contributed by atoms with Gasteiger partial charge in [-0.1, -0.05) is 18.2 Å². The van der Waals surface area contributed by atoms with Crippen molar-refractivity contribution in [1.82, 2.24) is 15.2 Å². The van der Waals surface area contributed by atoms with Gasteiger partial charge in [0.2, 0.25) is 0 Å². The van der Waals surface area contributed by atoms with Crippen LogP contribution in [0.5, 0.6) is 5.75 Å². The number of rotatable bonds is 7. The van der Waals surface area contributed by atoms with E-state index in [1.54, 1.807) is 56.8 Å². The zero-order valence-electron chi connectivity index (χ0n) is 15.2. The van der Waals surface area contributed by atoms with Gasteiger partial charge in [0.1, 0.15) is 17.4 Å². The molecule has 0 aliphatic heterocycles. The molecule has 0 unspecified atom stereocenters. The first-order valence-electron chi connectivity index (χ1n) is 8.21. The van der Waals surface area contributed by atoms with Gasteiger partial charge >= 0.3 is 0 Å². The fourth-order valence-corrected chi connectivity index (χ4v) is 2.03. The number of nitriles is 1. The molecule has 138 valence electrons. The van der Waals surface area contributed by atoms with E-state index in [1.807, 2.05) is 12.1 Å². The van der Waals surface area contributed by atoms with Crippen molar-refractivity contribution in [3.05, 3.63) is 65.5 Å². The van der Waals surface area contributed by atoms with E-state index in [1.165, 1.54) is 11.0 Å². The second-order valence-electron chi connectivity index (χ2n) is 5.86. The summed E-state index contributed by atoms with van der Waals surface area (Å²) >= 11 is 0. The Hall–Kier alpha value is -3.66. The summed E-state index contributed by atoms with van der Waals surface area (Å²) in [5.41, 5.74) is 1.52. The molecule has 1 heterocycles. The first-order chi connectivity index (χ1) is 13.0. The van der Waals surface area contributed by atoms with Crippen LogP contribution in [-0.4, -0.2) is 42.4 Å². The van der Waals surface area contributed by atoms with Crippen LogP contribution in [0.1, 0.15) is 11.1 Å². The molecule has 7 nitrogen and oxygen atoms in total. The van der Waals surface area contributed by atoms with Crippen LogP contribution in [0.2, 0.25) is 0 Å². The Balaban J connectivity index is 1.97. The molecule has 0 bridgehead atoms. The molecule has 2 amide bonds. The van der Waals surface area contributed by atoms with Crippen molar-refractivity contribution >= 4 is 17.9 Å². The minimum atomic E-state index is -0.460. The van der Waals surface area contributed by atoms with E-state index in [0.29, 0.717) is 17.9 Å². The molecule has 0 fully saturated rings. The van der Waals surface area contributed by atoms with Gasteiger partial charge in [-0.05, 0) is 35.4 Å². The lowest BCUT2D eigenvalue weighted by molar-refractivity contribution is -0.130. The number of carbonyl (C=O) groups excluding carboxylic acids is 2. The van der Waals surface area contributed by atoms with E-state index < -0.39 is 5.91 Å². The van der Waals surface area contributed by atoms with Crippen LogP contribution >= 0.6 is 0 Å². The van der Waals surface area contributed by atoms with Crippen molar-refractivity contribution < 1.29 is 14.3 Å². The third kappa shape index (κ3) is 6.29. The number of ether oxygens (including phenoxy) is 1. The lowest BCUT2D eigenvalue weighted by Gasteiger charge is -2.11. The number of hydrogen-bond donors (Lipinski definition) is 1. The minimum absolute atomic E-state index is 0.00431. The van der Waals surface area contributed by atoms with E-state index in [2.05, 4.69) is 10.3 Å². The van der Waals surface area contributed by atoms with Gasteiger partial charge in [0.25, 0.3) is 11.8 Å². The number of benzene rings is 1. The van der Waals surface area contributed by atoms with Crippen LogP contribution in [0.3, 0.4) is 0 Å². The summed E-state index contributed by atoms with van der Waals surface area (Å²) in [6.45, 7) is 0.237. The van der Waals surface area contributed by atoms with Crippen LogP contribution in [0, 0.1) is 11.3 Å². The second-order valence-corrected chi connectivity index (χ2v) is 5.86. The van der Waals surface area contributed by atoms with Gasteiger partial charge in [0.15, 0.2) is 6.61 Å². The van der Waals surface area contributed by atoms with Gasteiger partial charge in [-0.15, -0.1) is 0 Å². The summed E-state index contributed by atoms with van der Waals surface area (Å²) in [7, 11) is 3.31. The number of likely N-dealkylation sites (N-methyl/N-ethyl adjacent to an activating group) is 1. The Morgan fingerprint density at radius 3 is 2.59 bits per heavy atom. The Morgan fingerprint density at radius 2 is 2.00 bits per heavy atom. The summed E-state index contributed by atoms with van der Waals surface area (Å²) in [6.07, 6.45) is 4.79. The number of carbonyl (C=O) groups is 2. The van der Waals surface area contributed by atoms with Crippen molar-refractivity contribution in [2.45, 2.75) is 6.54 Å². The first kappa shape index (κ1) is 19.7. The Labute approximate surface area is 157 Å². The molecule has 0 atom stereocenters. The van der Waals surface area contributed by atoms with E-state index in [-0.39, 0.29) is 18.1 Å². The average molecular weight is 364 g/mol. The normalized spacial score (nSPS) is 10.6. The van der Waals surface area contributed by atoms with Crippen LogP contribution in [0.4, 0.5) is 0 Å². The van der Waals surface area contributed by atoms with Crippen molar-refractivity contribution in [2.75, 3.05) is 20.7 Å². The summed E-state index contributed by atoms with van der Waals surface area (Å²) in [5, 5.41) is 11.9. The number of nitrogens with zero attached hydrogens (tertiary/aromatic N) is 3. The summed E-state index contributed by atoms with van der Waals surface area (Å²) < 4.78 is 5.39. The standard InChI is InChI=1S/C20H20N4O3/c1-24(2)19(25)14-27-18-7-5-15(6-8-18)10-17(11-21)20(26)23-13-16-4-3-9-22-12-16/h3-10,12H,13-14H2,1-2H3,(H,23,26). The number of aromatic nitrogens is 1. The monoisotopic (exact) mass is 364 g/mol. The largest absolute Gasteiger partial charge is 0.484 e. The third-order valence-corrected chi connectivity index (χ3v) is 3.59. The van der Waals surface area contributed by atoms with Crippen LogP contribution < -0.4 is 10.1 Å². The van der Waals surface area contributed by atoms with Crippen molar-refractivity contribution in [3.63, 3.8) is 0 Å². The molecular weight excluding hydrogens is 344 g/mol. The topological polar surface area (TPSA) is 95.3 Å². The molecule has 0 aliphatic carbocycles. The fourth-order valence-electron chi connectivity index (χ4n) is 2.03. The average Bonchev–Trinajstić information content (AvgIpc) is 2.70. The molecule has 1 N–H and O–H groups in total. The maximum atomic E-state index is 12.2. The van der Waals surface area contributed by atoms with E-state index in [9.17, 15) is 14.9 Å². The number of pyridine rings is 1. The Bertz CT molecular complexity index is 853. The van der Waals surface area contributed by atoms with Crippen LogP contribution in [-0.2, 0) is 16.1 Å². The summed E-state index contributed by atoms with van der Waals surface area (Å²) in [6, 6.07) is 12.3. The second kappa shape index (κ2) is 9.73. The van der Waals surface area contributed by atoms with Crippen molar-refractivity contribution in [3.8, 4) is 11.8 Å². The van der Waals surface area contributed by atoms with Crippen LogP contribution in [0.25, 0.3) is 6.08 Å². The molecule has 1 aromatic heterocycles. The van der Waals surface area contributed by atoms with E-state index >= 15 is 0 Å². The van der Waals surface area contributed by atoms with Crippen molar-refractivity contribution in [2.24, 2.45) is 0 Å². The predicted molar refractivity (Wildman–Crippen MR) is 100 cm³/mol. The lowest BCUT2D eigenvalue weighted by atomic mass is 10.1. The van der Waals surface area contributed by atoms with Crippen LogP contribution in [0.15, 0.2) is 54.4 Å². The van der Waals surface area contributed by atoms with E-state index in [4.69, 9.17) is 4.74 Å². The molecule has 0 saturated carbocycles. The highest BCUT2D eigenvalue weighted by molar-refractivity contribution is 6.01. The summed E-state index contributed by atoms with van der Waals surface area (Å²) in [5.74, 6) is -0.0730. The Kier molecular flexibility index (Phi) is 7.08. The maximum Gasteiger partial charge on any atom is 0.262 e. The number of hydrogen-bond acceptors (Lipinski definition) is 5. The number of amides is 2. The molecule has 27 heavy (non-hydrogen) atoms. The quantitative estimate of drug-likeness (QED) is 0.597. The molecule has 0 radical (unpaired) electrons. The summed E-state index contributed by atoms with van der Waals surface area (Å²) in [4.78, 5) is 29.1. The van der Waals surface area contributed by atoms with Gasteiger partial charge in [-0.25, -0.2) is 0 Å². The highest BCUT2D eigenvalue weighted by Crippen LogP contribution is 2.15. The fraction of sp³-hybridized carbons (Fsp3) is 0.200. The van der Waals surface area contributed by atoms with Crippen molar-refractivity contribution in [1.29, 1.82) is 5.26 Å². The number of nitrogens with one attached hydrogen (secondary N) is 1. The molecule has 2 aromatic rings. The van der Waals surface area contributed by atoms with Gasteiger partial charge in [0, 0.05) is 33.0 Å². The molecule has 0 aliphatic rings. The zero-order chi connectivity index (χ0) is 19.6. The highest BCUT2D eigenvalue weighted by Gasteiger charge is 2.09. The van der Waals surface area contributed by atoms with Gasteiger partial charge < -0.3 is 15.0 Å². The predicted octanol–water partition coefficient (Wildman–Crippen LogP) is 1.77. The molecule has 2 rings (SSSR count). The lowest BCUT2D eigenvalue weighted by Crippen LogP contribution is -2.27. The maximum absolute atomic E-state index is 12.2. The zero-order valence-corrected chi connectivity index (χ0v) is 15.2. The molecular formula is C20H20N4O3. The van der Waals surface area contributed by atoms with Gasteiger partial charge in [0.05, 0.1) is 0 Å². The SMILES string of the molecule is CN(C)C(=O)COc1ccc(C=C(C#N)C(=O)NCc2cccnc2)cc1. The first-order valence-corrected chi connectivity index (χ1v) is 8.21. The molecule has 0 spiro atoms. The van der Waals surface area contributed by atoms with E-state index in [0.717, 1.165) is 5.56 Å². The smallest absolute Gasteiger partial charge is 0.262 e.